The number of allylic oxidation sites excluding steroid dienone is 1. The highest BCUT2D eigenvalue weighted by Gasteiger charge is 2.62. The van der Waals surface area contributed by atoms with E-state index in [0.717, 1.165) is 5.56 Å². The van der Waals surface area contributed by atoms with Crippen LogP contribution in [0, 0.1) is 22.7 Å². The highest BCUT2D eigenvalue weighted by Crippen LogP contribution is 2.57. The van der Waals surface area contributed by atoms with Gasteiger partial charge in [0.15, 0.2) is 24.7 Å². The van der Waals surface area contributed by atoms with Crippen molar-refractivity contribution < 1.29 is 87.3 Å². The number of fused-ring (bicyclic) bond motifs is 1. The molecule has 18 nitrogen and oxygen atoms in total. The van der Waals surface area contributed by atoms with E-state index in [0.29, 0.717) is 19.3 Å². The van der Waals surface area contributed by atoms with Gasteiger partial charge in [0.1, 0.15) is 54.3 Å². The molecular weight excluding hydrogens is 889 g/mol. The Hall–Kier alpha value is -3.34. The molecule has 0 amide bonds. The summed E-state index contributed by atoms with van der Waals surface area (Å²) in [6, 6.07) is 9.17. The third-order valence-electron chi connectivity index (χ3n) is 15.9. The zero-order valence-electron chi connectivity index (χ0n) is 39.9. The molecule has 6 aliphatic rings. The van der Waals surface area contributed by atoms with Crippen LogP contribution in [0.1, 0.15) is 91.5 Å². The van der Waals surface area contributed by atoms with E-state index in [9.17, 15) is 44.7 Å². The lowest BCUT2D eigenvalue weighted by molar-refractivity contribution is -0.354. The zero-order chi connectivity index (χ0) is 49.3. The SMILES string of the molecule is COC1CC(OC2CCC3(C)C(CC(OC(=O)C=Cc4ccccc4)C4(C)C(=O)CCC4C(C)=O)C(=O)C=CC3(O)C2)OC(C)C1OC1CC(OC)C(OC2OC(CO)C(O)C(O)C2O)C(C)O1. The number of methoxy groups -OCH3 is 2. The predicted octanol–water partition coefficient (Wildman–Crippen LogP) is 2.51. The summed E-state index contributed by atoms with van der Waals surface area (Å²) < 4.78 is 55.1. The zero-order valence-corrected chi connectivity index (χ0v) is 39.9. The van der Waals surface area contributed by atoms with Crippen LogP contribution in [0.3, 0.4) is 0 Å². The fourth-order valence-electron chi connectivity index (χ4n) is 11.6. The van der Waals surface area contributed by atoms with Crippen LogP contribution in [0.5, 0.6) is 0 Å². The number of aliphatic hydroxyl groups is 5. The van der Waals surface area contributed by atoms with Gasteiger partial charge in [-0.2, -0.15) is 0 Å². The standard InChI is InChI=1S/C50H70O18/c1-26(52)31-14-15-37(54)49(31,5)38(66-39(55)16-13-29-11-9-8-10-12-29)21-32-33(53)18-20-50(59)24-30(17-19-48(32,50)4)64-40-22-34(60-6)45(27(2)62-40)67-41-23-35(61-7)46(28(3)63-41)68-47-44(58)43(57)42(56)36(25-51)65-47/h8-13,16,18,20,27-28,30-32,34-36,38,40-47,51,56-59H,14-15,17,19,21-25H2,1-7H3. The molecule has 0 radical (unpaired) electrons. The molecule has 378 valence electrons. The predicted molar refractivity (Wildman–Crippen MR) is 239 cm³/mol. The monoisotopic (exact) mass is 958 g/mol. The number of esters is 1. The summed E-state index contributed by atoms with van der Waals surface area (Å²) in [6.07, 6.45) is -6.74. The van der Waals surface area contributed by atoms with Crippen molar-refractivity contribution in [3.05, 3.63) is 54.1 Å². The lowest BCUT2D eigenvalue weighted by Gasteiger charge is -2.55. The molecule has 7 rings (SSSR count). The minimum Gasteiger partial charge on any atom is -0.458 e. The van der Waals surface area contributed by atoms with Gasteiger partial charge in [0.25, 0.3) is 0 Å². The quantitative estimate of drug-likeness (QED) is 0.118. The topological polar surface area (TPSA) is 252 Å². The second-order valence-corrected chi connectivity index (χ2v) is 19.9. The molecule has 1 aromatic rings. The molecule has 5 N–H and O–H groups in total. The van der Waals surface area contributed by atoms with Gasteiger partial charge < -0.3 is 68.2 Å². The number of hydrogen-bond acceptors (Lipinski definition) is 18. The Morgan fingerprint density at radius 3 is 2.12 bits per heavy atom. The Morgan fingerprint density at radius 2 is 1.50 bits per heavy atom. The van der Waals surface area contributed by atoms with Crippen LogP contribution >= 0.6 is 0 Å². The first kappa shape index (κ1) is 52.5. The number of Topliss-reactive ketones (excluding diaryl/α,β-unsaturated/α-hetero) is 2. The second-order valence-electron chi connectivity index (χ2n) is 19.9. The summed E-state index contributed by atoms with van der Waals surface area (Å²) >= 11 is 0. The normalized spacial score (nSPS) is 43.6. The Kier molecular flexibility index (Phi) is 16.6. The van der Waals surface area contributed by atoms with Gasteiger partial charge in [-0.15, -0.1) is 0 Å². The summed E-state index contributed by atoms with van der Waals surface area (Å²) in [5.74, 6) is -2.97. The number of rotatable bonds is 16. The molecule has 0 aromatic heterocycles. The van der Waals surface area contributed by atoms with Gasteiger partial charge in [0, 0.05) is 63.2 Å². The number of aliphatic hydroxyl groups excluding tert-OH is 4. The molecule has 68 heavy (non-hydrogen) atoms. The van der Waals surface area contributed by atoms with E-state index in [4.69, 9.17) is 42.6 Å². The number of benzene rings is 1. The molecule has 1 aromatic carbocycles. The fraction of sp³-hybridized carbons (Fsp3) is 0.720. The van der Waals surface area contributed by atoms with Crippen molar-refractivity contribution in [1.29, 1.82) is 0 Å². The van der Waals surface area contributed by atoms with E-state index < -0.39 is 133 Å². The Balaban J connectivity index is 0.993. The van der Waals surface area contributed by atoms with Crippen molar-refractivity contribution in [2.75, 3.05) is 20.8 Å². The van der Waals surface area contributed by atoms with Gasteiger partial charge in [-0.3, -0.25) is 14.4 Å². The summed E-state index contributed by atoms with van der Waals surface area (Å²) in [5, 5.41) is 53.3. The number of ether oxygens (including phenoxy) is 9. The van der Waals surface area contributed by atoms with Gasteiger partial charge >= 0.3 is 5.97 Å². The summed E-state index contributed by atoms with van der Waals surface area (Å²) in [5.41, 5.74) is -3.22. The Labute approximate surface area is 397 Å². The smallest absolute Gasteiger partial charge is 0.331 e. The van der Waals surface area contributed by atoms with Crippen LogP contribution < -0.4 is 0 Å². The average molecular weight is 959 g/mol. The first-order valence-electron chi connectivity index (χ1n) is 23.8. The van der Waals surface area contributed by atoms with Crippen molar-refractivity contribution >= 4 is 29.4 Å². The van der Waals surface area contributed by atoms with Crippen LogP contribution in [-0.2, 0) is 61.8 Å². The fourth-order valence-corrected chi connectivity index (χ4v) is 11.6. The van der Waals surface area contributed by atoms with Crippen LogP contribution in [0.15, 0.2) is 48.6 Å². The molecule has 0 spiro atoms. The van der Waals surface area contributed by atoms with E-state index in [-0.39, 0.29) is 49.5 Å². The van der Waals surface area contributed by atoms with E-state index in [1.54, 1.807) is 27.0 Å². The molecule has 20 atom stereocenters. The van der Waals surface area contributed by atoms with Gasteiger partial charge in [-0.1, -0.05) is 37.3 Å². The molecule has 20 unspecified atom stereocenters. The van der Waals surface area contributed by atoms with Gasteiger partial charge in [-0.05, 0) is 77.2 Å². The number of hydrogen-bond donors (Lipinski definition) is 5. The van der Waals surface area contributed by atoms with Crippen LogP contribution in [-0.4, -0.2) is 167 Å². The lowest BCUT2D eigenvalue weighted by atomic mass is 9.52. The maximum absolute atomic E-state index is 14.0. The number of carbonyl (C=O) groups is 4. The molecule has 3 heterocycles. The molecule has 0 bridgehead atoms. The summed E-state index contributed by atoms with van der Waals surface area (Å²) in [4.78, 5) is 54.2. The van der Waals surface area contributed by atoms with Gasteiger partial charge in [-0.25, -0.2) is 4.79 Å². The third kappa shape index (κ3) is 10.5. The Morgan fingerprint density at radius 1 is 0.868 bits per heavy atom. The third-order valence-corrected chi connectivity index (χ3v) is 15.9. The summed E-state index contributed by atoms with van der Waals surface area (Å²) in [7, 11) is 3.05. The molecule has 3 aliphatic carbocycles. The largest absolute Gasteiger partial charge is 0.458 e. The van der Waals surface area contributed by atoms with Crippen molar-refractivity contribution in [3.8, 4) is 0 Å². The van der Waals surface area contributed by atoms with Gasteiger partial charge in [0.05, 0.1) is 48.1 Å². The van der Waals surface area contributed by atoms with E-state index in [2.05, 4.69) is 0 Å². The molecule has 18 heteroatoms. The highest BCUT2D eigenvalue weighted by molar-refractivity contribution is 5.97. The molecular formula is C50H70O18. The van der Waals surface area contributed by atoms with Crippen molar-refractivity contribution in [1.82, 2.24) is 0 Å². The minimum atomic E-state index is -1.61. The van der Waals surface area contributed by atoms with E-state index in [1.807, 2.05) is 44.2 Å². The second kappa shape index (κ2) is 21.6. The first-order valence-corrected chi connectivity index (χ1v) is 23.8. The van der Waals surface area contributed by atoms with Crippen molar-refractivity contribution in [3.63, 3.8) is 0 Å². The van der Waals surface area contributed by atoms with Crippen LogP contribution in [0.4, 0.5) is 0 Å². The first-order chi connectivity index (χ1) is 32.3. The van der Waals surface area contributed by atoms with Gasteiger partial charge in [0.2, 0.25) is 0 Å². The maximum Gasteiger partial charge on any atom is 0.331 e. The van der Waals surface area contributed by atoms with Crippen molar-refractivity contribution in [2.45, 2.75) is 184 Å². The minimum absolute atomic E-state index is 0.0782. The highest BCUT2D eigenvalue weighted by atomic mass is 16.8. The number of ketones is 3. The lowest BCUT2D eigenvalue weighted by Crippen LogP contribution is -2.62. The Bertz CT molecular complexity index is 1990. The number of carbonyl (C=O) groups excluding carboxylic acids is 4. The molecule has 3 saturated heterocycles. The van der Waals surface area contributed by atoms with Crippen LogP contribution in [0.25, 0.3) is 6.08 Å². The molecule has 5 fully saturated rings. The maximum atomic E-state index is 14.0. The summed E-state index contributed by atoms with van der Waals surface area (Å²) in [6.45, 7) is 7.89. The van der Waals surface area contributed by atoms with Crippen molar-refractivity contribution in [2.24, 2.45) is 22.7 Å². The molecule has 2 saturated carbocycles. The molecule has 3 aliphatic heterocycles. The average Bonchev–Trinajstić information content (AvgIpc) is 3.62. The van der Waals surface area contributed by atoms with E-state index >= 15 is 0 Å². The van der Waals surface area contributed by atoms with Crippen LogP contribution in [0.2, 0.25) is 0 Å². The van der Waals surface area contributed by atoms with E-state index in [1.165, 1.54) is 32.3 Å².